The molecule has 0 bridgehead atoms. The van der Waals surface area contributed by atoms with Gasteiger partial charge in [0.1, 0.15) is 0 Å². The number of halogens is 3. The number of alkyl halides is 3. The third kappa shape index (κ3) is 3.71. The molecule has 0 fully saturated rings. The van der Waals surface area contributed by atoms with Gasteiger partial charge in [0.2, 0.25) is 0 Å². The smallest absolute Gasteiger partial charge is 0.254 e. The van der Waals surface area contributed by atoms with Gasteiger partial charge in [0.05, 0.1) is 4.90 Å². The van der Waals surface area contributed by atoms with Crippen LogP contribution in [0.5, 0.6) is 0 Å². The zero-order valence-corrected chi connectivity index (χ0v) is 9.97. The normalized spacial score (nSPS) is 14.6. The average molecular weight is 267 g/mol. The highest BCUT2D eigenvalue weighted by Crippen LogP contribution is 2.26. The summed E-state index contributed by atoms with van der Waals surface area (Å²) in [5, 5.41) is 0. The van der Waals surface area contributed by atoms with Gasteiger partial charge in [0.15, 0.2) is 6.10 Å². The van der Waals surface area contributed by atoms with Crippen molar-refractivity contribution in [3.8, 4) is 0 Å². The Labute approximate surface area is 97.3 Å². The van der Waals surface area contributed by atoms with Gasteiger partial charge in [-0.3, -0.25) is 4.18 Å². The molecule has 0 saturated carbocycles. The minimum absolute atomic E-state index is 0.292. The SMILES string of the molecule is Cc1ccc(S(=O)(=O)OC(C)C(F)(F)[18F])cc1. The Morgan fingerprint density at radius 1 is 1.18 bits per heavy atom. The first-order valence-corrected chi connectivity index (χ1v) is 6.10. The highest BCUT2D eigenvalue weighted by Gasteiger charge is 2.40. The lowest BCUT2D eigenvalue weighted by molar-refractivity contribution is -0.188. The lowest BCUT2D eigenvalue weighted by Gasteiger charge is -2.15. The number of hydrogen-bond acceptors (Lipinski definition) is 3. The summed E-state index contributed by atoms with van der Waals surface area (Å²) in [5.41, 5.74) is 0.799. The minimum atomic E-state index is -4.71. The fourth-order valence-corrected chi connectivity index (χ4v) is 2.07. The highest BCUT2D eigenvalue weighted by atomic mass is 32.2. The van der Waals surface area contributed by atoms with Crippen molar-refractivity contribution >= 4 is 10.1 Å². The van der Waals surface area contributed by atoms with Crippen molar-refractivity contribution in [1.82, 2.24) is 0 Å². The molecule has 1 unspecified atom stereocenters. The molecule has 0 aliphatic rings. The van der Waals surface area contributed by atoms with Crippen molar-refractivity contribution in [3.63, 3.8) is 0 Å². The van der Waals surface area contributed by atoms with Gasteiger partial charge in [-0.15, -0.1) is 0 Å². The lowest BCUT2D eigenvalue weighted by Crippen LogP contribution is -2.30. The lowest BCUT2D eigenvalue weighted by atomic mass is 10.2. The van der Waals surface area contributed by atoms with Crippen LogP contribution in [0.25, 0.3) is 0 Å². The maximum atomic E-state index is 12.2. The van der Waals surface area contributed by atoms with Crippen molar-refractivity contribution in [2.45, 2.75) is 31.0 Å². The van der Waals surface area contributed by atoms with Gasteiger partial charge < -0.3 is 0 Å². The summed E-state index contributed by atoms with van der Waals surface area (Å²) in [6.07, 6.45) is -7.08. The maximum Gasteiger partial charge on any atom is 0.415 e. The summed E-state index contributed by atoms with van der Waals surface area (Å²) in [4.78, 5) is -0.292. The molecule has 0 aliphatic carbocycles. The second-order valence-corrected chi connectivity index (χ2v) is 5.12. The van der Waals surface area contributed by atoms with Gasteiger partial charge >= 0.3 is 6.18 Å². The molecule has 0 aliphatic heterocycles. The molecule has 0 N–H and O–H groups in total. The molecule has 0 heterocycles. The second-order valence-electron chi connectivity index (χ2n) is 3.55. The molecule has 1 rings (SSSR count). The molecular formula is C10H11F3O3S. The van der Waals surface area contributed by atoms with Crippen LogP contribution in [0.4, 0.5) is 13.2 Å². The predicted molar refractivity (Wildman–Crippen MR) is 55.0 cm³/mol. The number of benzene rings is 1. The van der Waals surface area contributed by atoms with Crippen LogP contribution < -0.4 is 0 Å². The third-order valence-electron chi connectivity index (χ3n) is 2.04. The van der Waals surface area contributed by atoms with Gasteiger partial charge in [-0.25, -0.2) is 0 Å². The second kappa shape index (κ2) is 4.66. The first kappa shape index (κ1) is 14.0. The first-order valence-electron chi connectivity index (χ1n) is 4.69. The number of rotatable bonds is 3. The van der Waals surface area contributed by atoms with Crippen LogP contribution >= 0.6 is 0 Å². The molecule has 3 nitrogen and oxygen atoms in total. The molecule has 17 heavy (non-hydrogen) atoms. The van der Waals surface area contributed by atoms with Crippen molar-refractivity contribution in [1.29, 1.82) is 0 Å². The third-order valence-corrected chi connectivity index (χ3v) is 3.43. The summed E-state index contributed by atoms with van der Waals surface area (Å²) in [6, 6.07) is 5.37. The van der Waals surface area contributed by atoms with Crippen molar-refractivity contribution in [3.05, 3.63) is 29.8 Å². The van der Waals surface area contributed by atoms with E-state index in [9.17, 15) is 21.6 Å². The van der Waals surface area contributed by atoms with E-state index >= 15 is 0 Å². The summed E-state index contributed by atoms with van der Waals surface area (Å²) < 4.78 is 63.5. The summed E-state index contributed by atoms with van der Waals surface area (Å²) >= 11 is 0. The Morgan fingerprint density at radius 2 is 1.65 bits per heavy atom. The van der Waals surface area contributed by atoms with Crippen LogP contribution in [-0.2, 0) is 14.3 Å². The van der Waals surface area contributed by atoms with Crippen LogP contribution in [0.2, 0.25) is 0 Å². The maximum absolute atomic E-state index is 12.2. The van der Waals surface area contributed by atoms with E-state index in [1.807, 2.05) is 0 Å². The fraction of sp³-hybridized carbons (Fsp3) is 0.400. The van der Waals surface area contributed by atoms with E-state index in [4.69, 9.17) is 0 Å². The number of hydrogen-bond donors (Lipinski definition) is 0. The van der Waals surface area contributed by atoms with Gasteiger partial charge in [0.25, 0.3) is 10.1 Å². The fourth-order valence-electron chi connectivity index (χ4n) is 1.01. The van der Waals surface area contributed by atoms with Gasteiger partial charge in [-0.2, -0.15) is 21.6 Å². The van der Waals surface area contributed by atoms with E-state index in [0.717, 1.165) is 5.56 Å². The highest BCUT2D eigenvalue weighted by molar-refractivity contribution is 7.86. The quantitative estimate of drug-likeness (QED) is 0.791. The largest absolute Gasteiger partial charge is 0.415 e. The molecule has 0 radical (unpaired) electrons. The van der Waals surface area contributed by atoms with Gasteiger partial charge in [0, 0.05) is 0 Å². The summed E-state index contributed by atoms with van der Waals surface area (Å²) in [7, 11) is -4.38. The monoisotopic (exact) mass is 267 g/mol. The van der Waals surface area contributed by atoms with E-state index in [2.05, 4.69) is 4.18 Å². The number of aryl methyl sites for hydroxylation is 1. The minimum Gasteiger partial charge on any atom is -0.254 e. The molecular weight excluding hydrogens is 256 g/mol. The Bertz CT molecular complexity index is 477. The Hall–Kier alpha value is -1.08. The van der Waals surface area contributed by atoms with Crippen molar-refractivity contribution < 1.29 is 25.8 Å². The zero-order valence-electron chi connectivity index (χ0n) is 9.15. The topological polar surface area (TPSA) is 43.4 Å². The Kier molecular flexibility index (Phi) is 3.83. The van der Waals surface area contributed by atoms with Crippen molar-refractivity contribution in [2.24, 2.45) is 0 Å². The van der Waals surface area contributed by atoms with E-state index in [0.29, 0.717) is 6.92 Å². The standard InChI is InChI=1S/C10H11F3O3S/c1-7-3-5-9(6-4-7)17(14,15)16-8(2)10(11,12)13/h3-6,8H,1-2H3/i11-1. The van der Waals surface area contributed by atoms with E-state index < -0.39 is 22.4 Å². The molecule has 1 atom stereocenters. The van der Waals surface area contributed by atoms with E-state index in [-0.39, 0.29) is 4.90 Å². The van der Waals surface area contributed by atoms with Crippen LogP contribution in [0.15, 0.2) is 29.2 Å². The molecule has 1 aromatic rings. The molecule has 0 saturated heterocycles. The summed E-state index contributed by atoms with van der Waals surface area (Å²) in [5.74, 6) is 0. The first-order chi connectivity index (χ1) is 7.63. The molecule has 7 heteroatoms. The Balaban J connectivity index is 2.94. The van der Waals surface area contributed by atoms with E-state index in [1.54, 1.807) is 6.92 Å². The average Bonchev–Trinajstić information content (AvgIpc) is 2.16. The zero-order chi connectivity index (χ0) is 13.3. The van der Waals surface area contributed by atoms with Gasteiger partial charge in [-0.05, 0) is 26.0 Å². The van der Waals surface area contributed by atoms with Crippen LogP contribution in [0, 0.1) is 6.92 Å². The van der Waals surface area contributed by atoms with Crippen LogP contribution in [0.1, 0.15) is 12.5 Å². The molecule has 96 valence electrons. The Morgan fingerprint density at radius 3 is 2.06 bits per heavy atom. The van der Waals surface area contributed by atoms with Crippen molar-refractivity contribution in [2.75, 3.05) is 0 Å². The molecule has 0 amide bonds. The van der Waals surface area contributed by atoms with Gasteiger partial charge in [-0.1, -0.05) is 17.7 Å². The molecule has 0 spiro atoms. The predicted octanol–water partition coefficient (Wildman–Crippen LogP) is 2.65. The molecule has 0 aromatic heterocycles. The summed E-state index contributed by atoms with van der Waals surface area (Å²) in [6.45, 7) is 2.38. The van der Waals surface area contributed by atoms with E-state index in [1.165, 1.54) is 24.3 Å². The van der Waals surface area contributed by atoms with Crippen LogP contribution in [0.3, 0.4) is 0 Å². The van der Waals surface area contributed by atoms with Crippen LogP contribution in [-0.4, -0.2) is 20.7 Å². The molecule has 1 aromatic carbocycles.